The van der Waals surface area contributed by atoms with E-state index in [0.717, 1.165) is 22.7 Å². The number of nitrogens with zero attached hydrogens (tertiary/aromatic N) is 2. The predicted molar refractivity (Wildman–Crippen MR) is 84.1 cm³/mol. The van der Waals surface area contributed by atoms with Crippen LogP contribution in [0, 0.1) is 5.82 Å². The lowest BCUT2D eigenvalue weighted by atomic mass is 10.0. The topological polar surface area (TPSA) is 62.7 Å². The second-order valence-corrected chi connectivity index (χ2v) is 6.29. The fourth-order valence-electron chi connectivity index (χ4n) is 2.46. The number of methoxy groups -OCH3 is 1. The Balaban J connectivity index is 1.81. The van der Waals surface area contributed by atoms with Gasteiger partial charge in [0, 0.05) is 24.4 Å². The summed E-state index contributed by atoms with van der Waals surface area (Å²) in [5, 5.41) is 9.25. The highest BCUT2D eigenvalue weighted by Gasteiger charge is 2.23. The van der Waals surface area contributed by atoms with Gasteiger partial charge >= 0.3 is 5.97 Å². The van der Waals surface area contributed by atoms with E-state index in [2.05, 4.69) is 9.29 Å². The van der Waals surface area contributed by atoms with Crippen LogP contribution in [0.4, 0.5) is 4.39 Å². The molecular formula is C16H15FN2O3S. The van der Waals surface area contributed by atoms with Gasteiger partial charge in [0.25, 0.3) is 0 Å². The van der Waals surface area contributed by atoms with E-state index in [4.69, 9.17) is 4.74 Å². The number of ether oxygens (including phenoxy) is 1. The van der Waals surface area contributed by atoms with Crippen molar-refractivity contribution in [2.75, 3.05) is 13.7 Å². The molecule has 1 aliphatic rings. The normalized spacial score (nSPS) is 14.3. The molecular weight excluding hydrogens is 319 g/mol. The summed E-state index contributed by atoms with van der Waals surface area (Å²) in [7, 11) is 1.42. The number of benzene rings is 1. The Morgan fingerprint density at radius 2 is 2.13 bits per heavy atom. The van der Waals surface area contributed by atoms with Crippen LogP contribution in [0.15, 0.2) is 35.2 Å². The summed E-state index contributed by atoms with van der Waals surface area (Å²) in [6.45, 7) is 1.35. The summed E-state index contributed by atoms with van der Waals surface area (Å²) >= 11 is 1.52. The molecule has 1 aromatic carbocycles. The molecule has 0 saturated heterocycles. The van der Waals surface area contributed by atoms with E-state index in [9.17, 15) is 14.3 Å². The molecule has 3 rings (SSSR count). The van der Waals surface area contributed by atoms with E-state index >= 15 is 0 Å². The molecule has 0 aliphatic carbocycles. The maximum absolute atomic E-state index is 13.0. The van der Waals surface area contributed by atoms with Gasteiger partial charge in [0.05, 0.1) is 12.8 Å². The monoisotopic (exact) mass is 334 g/mol. The molecule has 0 radical (unpaired) electrons. The predicted octanol–water partition coefficient (Wildman–Crippen LogP) is 2.99. The first-order valence-electron chi connectivity index (χ1n) is 7.05. The number of pyridine rings is 1. The van der Waals surface area contributed by atoms with Gasteiger partial charge < -0.3 is 9.84 Å². The molecule has 2 heterocycles. The summed E-state index contributed by atoms with van der Waals surface area (Å²) in [5.74, 6) is -1.17. The molecule has 7 heteroatoms. The van der Waals surface area contributed by atoms with E-state index in [1.165, 1.54) is 31.2 Å². The van der Waals surface area contributed by atoms with Crippen LogP contribution < -0.4 is 4.74 Å². The Morgan fingerprint density at radius 3 is 2.78 bits per heavy atom. The van der Waals surface area contributed by atoms with Crippen LogP contribution in [0.25, 0.3) is 0 Å². The van der Waals surface area contributed by atoms with Gasteiger partial charge in [-0.15, -0.1) is 0 Å². The minimum Gasteiger partial charge on any atom is -0.480 e. The lowest BCUT2D eigenvalue weighted by molar-refractivity contribution is 0.0692. The van der Waals surface area contributed by atoms with Gasteiger partial charge in [-0.05, 0) is 47.8 Å². The van der Waals surface area contributed by atoms with E-state index in [-0.39, 0.29) is 17.3 Å². The van der Waals surface area contributed by atoms with Gasteiger partial charge in [-0.2, -0.15) is 0 Å². The van der Waals surface area contributed by atoms with Crippen LogP contribution in [0.3, 0.4) is 0 Å². The molecule has 1 N–H and O–H groups in total. The highest BCUT2D eigenvalue weighted by Crippen LogP contribution is 2.31. The Labute approximate surface area is 137 Å². The third-order valence-corrected chi connectivity index (χ3v) is 4.63. The van der Waals surface area contributed by atoms with Crippen LogP contribution >= 0.6 is 11.9 Å². The Kier molecular flexibility index (Phi) is 4.49. The average Bonchev–Trinajstić information content (AvgIpc) is 2.55. The van der Waals surface area contributed by atoms with Crippen LogP contribution in [0.1, 0.15) is 21.6 Å². The summed E-state index contributed by atoms with van der Waals surface area (Å²) in [6, 6.07) is 7.93. The fourth-order valence-corrected chi connectivity index (χ4v) is 3.40. The number of aromatic nitrogens is 1. The lowest BCUT2D eigenvalue weighted by Gasteiger charge is -2.27. The summed E-state index contributed by atoms with van der Waals surface area (Å²) in [4.78, 5) is 16.6. The molecule has 0 amide bonds. The number of carboxylic acid groups (broad SMARTS) is 1. The standard InChI is InChI=1S/C16H15FN2O3S/c1-22-15-13(16(20)21)8-10-9-19(7-6-14(10)18-15)23-12-4-2-11(17)3-5-12/h2-5,8H,6-7,9H2,1H3,(H,20,21). The third-order valence-electron chi connectivity index (χ3n) is 3.57. The number of carboxylic acids is 1. The molecule has 2 aromatic rings. The number of aromatic carboxylic acids is 1. The zero-order valence-corrected chi connectivity index (χ0v) is 13.3. The molecule has 5 nitrogen and oxygen atoms in total. The molecule has 1 aliphatic heterocycles. The second-order valence-electron chi connectivity index (χ2n) is 5.11. The highest BCUT2D eigenvalue weighted by atomic mass is 32.2. The van der Waals surface area contributed by atoms with Gasteiger partial charge in [-0.1, -0.05) is 0 Å². The summed E-state index contributed by atoms with van der Waals surface area (Å²) < 4.78 is 20.1. The summed E-state index contributed by atoms with van der Waals surface area (Å²) in [6.07, 6.45) is 0.708. The maximum atomic E-state index is 13.0. The van der Waals surface area contributed by atoms with Crippen LogP contribution in [0.2, 0.25) is 0 Å². The van der Waals surface area contributed by atoms with Gasteiger partial charge in [0.2, 0.25) is 5.88 Å². The van der Waals surface area contributed by atoms with Crippen molar-refractivity contribution in [1.82, 2.24) is 9.29 Å². The minimum atomic E-state index is -1.06. The molecule has 0 unspecified atom stereocenters. The smallest absolute Gasteiger partial charge is 0.341 e. The van der Waals surface area contributed by atoms with Crippen LogP contribution in [-0.2, 0) is 13.0 Å². The quantitative estimate of drug-likeness (QED) is 0.867. The van der Waals surface area contributed by atoms with E-state index < -0.39 is 5.97 Å². The third kappa shape index (κ3) is 3.46. The fraction of sp³-hybridized carbons (Fsp3) is 0.250. The minimum absolute atomic E-state index is 0.0693. The van der Waals surface area contributed by atoms with E-state index in [0.29, 0.717) is 13.0 Å². The molecule has 0 bridgehead atoms. The van der Waals surface area contributed by atoms with Gasteiger partial charge in [-0.25, -0.2) is 18.5 Å². The SMILES string of the molecule is COc1nc2c(cc1C(=O)O)CN(Sc1ccc(F)cc1)CC2. The first-order chi connectivity index (χ1) is 11.1. The van der Waals surface area contributed by atoms with E-state index in [1.807, 2.05) is 0 Å². The number of hydrogen-bond acceptors (Lipinski definition) is 5. The number of rotatable bonds is 4. The molecule has 1 aromatic heterocycles. The second kappa shape index (κ2) is 6.55. The Bertz CT molecular complexity index is 737. The van der Waals surface area contributed by atoms with Crippen molar-refractivity contribution in [2.45, 2.75) is 17.9 Å². The Morgan fingerprint density at radius 1 is 1.39 bits per heavy atom. The van der Waals surface area contributed by atoms with Crippen molar-refractivity contribution in [2.24, 2.45) is 0 Å². The molecule has 0 spiro atoms. The molecule has 0 fully saturated rings. The molecule has 0 atom stereocenters. The molecule has 23 heavy (non-hydrogen) atoms. The lowest BCUT2D eigenvalue weighted by Crippen LogP contribution is -2.26. The van der Waals surface area contributed by atoms with Gasteiger partial charge in [0.1, 0.15) is 11.4 Å². The number of carbonyl (C=O) groups is 1. The first-order valence-corrected chi connectivity index (χ1v) is 7.82. The van der Waals surface area contributed by atoms with Crippen molar-refractivity contribution in [3.63, 3.8) is 0 Å². The van der Waals surface area contributed by atoms with E-state index in [1.54, 1.807) is 18.2 Å². The number of fused-ring (bicyclic) bond motifs is 1. The van der Waals surface area contributed by atoms with Crippen molar-refractivity contribution < 1.29 is 19.0 Å². The van der Waals surface area contributed by atoms with Crippen molar-refractivity contribution >= 4 is 17.9 Å². The maximum Gasteiger partial charge on any atom is 0.341 e. The largest absolute Gasteiger partial charge is 0.480 e. The van der Waals surface area contributed by atoms with Gasteiger partial charge in [-0.3, -0.25) is 0 Å². The first kappa shape index (κ1) is 15.8. The van der Waals surface area contributed by atoms with Crippen molar-refractivity contribution in [3.05, 3.63) is 53.0 Å². The summed E-state index contributed by atoms with van der Waals surface area (Å²) in [5.41, 5.74) is 1.81. The Hall–Kier alpha value is -2.12. The average molecular weight is 334 g/mol. The van der Waals surface area contributed by atoms with Crippen molar-refractivity contribution in [3.8, 4) is 5.88 Å². The zero-order chi connectivity index (χ0) is 16.4. The van der Waals surface area contributed by atoms with Crippen LogP contribution in [-0.4, -0.2) is 34.0 Å². The number of halogens is 1. The molecule has 0 saturated carbocycles. The van der Waals surface area contributed by atoms with Crippen molar-refractivity contribution in [1.29, 1.82) is 0 Å². The number of hydrogen-bond donors (Lipinski definition) is 1. The molecule has 120 valence electrons. The van der Waals surface area contributed by atoms with Crippen LogP contribution in [0.5, 0.6) is 5.88 Å². The highest BCUT2D eigenvalue weighted by molar-refractivity contribution is 7.97. The van der Waals surface area contributed by atoms with Gasteiger partial charge in [0.15, 0.2) is 0 Å². The zero-order valence-electron chi connectivity index (χ0n) is 12.5.